The van der Waals surface area contributed by atoms with Gasteiger partial charge in [0.1, 0.15) is 0 Å². The van der Waals surface area contributed by atoms with Gasteiger partial charge in [0.15, 0.2) is 16.6 Å². The molecule has 0 atom stereocenters. The number of anilines is 2. The van der Waals surface area contributed by atoms with Crippen molar-refractivity contribution in [2.45, 2.75) is 13.8 Å². The third-order valence-corrected chi connectivity index (χ3v) is 4.06. The highest BCUT2D eigenvalue weighted by Crippen LogP contribution is 2.29. The van der Waals surface area contributed by atoms with E-state index >= 15 is 0 Å². The second-order valence-corrected chi connectivity index (χ2v) is 6.30. The normalized spacial score (nSPS) is 10.0. The summed E-state index contributed by atoms with van der Waals surface area (Å²) in [5.74, 6) is 0.0262. The van der Waals surface area contributed by atoms with Crippen molar-refractivity contribution in [2.24, 2.45) is 0 Å². The molecule has 0 aliphatic carbocycles. The van der Waals surface area contributed by atoms with E-state index in [1.165, 1.54) is 13.2 Å². The summed E-state index contributed by atoms with van der Waals surface area (Å²) >= 11 is 5.35. The first-order valence-electron chi connectivity index (χ1n) is 9.21. The summed E-state index contributed by atoms with van der Waals surface area (Å²) in [6, 6.07) is 9.75. The Balaban J connectivity index is 2.24. The van der Waals surface area contributed by atoms with Crippen molar-refractivity contribution in [2.75, 3.05) is 38.1 Å². The Bertz CT molecular complexity index is 895. The Morgan fingerprint density at radius 2 is 1.33 bits per heavy atom. The quantitative estimate of drug-likeness (QED) is 0.476. The number of esters is 2. The number of carbonyl (C=O) groups is 2. The molecule has 0 aliphatic rings. The van der Waals surface area contributed by atoms with Gasteiger partial charge in [-0.3, -0.25) is 0 Å². The summed E-state index contributed by atoms with van der Waals surface area (Å²) in [6.45, 7) is 3.83. The molecule has 2 N–H and O–H groups in total. The van der Waals surface area contributed by atoms with Crippen LogP contribution in [0.2, 0.25) is 0 Å². The number of benzene rings is 2. The van der Waals surface area contributed by atoms with Gasteiger partial charge >= 0.3 is 11.9 Å². The van der Waals surface area contributed by atoms with Crippen LogP contribution < -0.4 is 20.1 Å². The molecule has 9 heteroatoms. The van der Waals surface area contributed by atoms with Crippen LogP contribution in [0.3, 0.4) is 0 Å². The largest absolute Gasteiger partial charge is 0.493 e. The molecule has 0 spiro atoms. The van der Waals surface area contributed by atoms with Crippen molar-refractivity contribution in [3.05, 3.63) is 47.5 Å². The Morgan fingerprint density at radius 3 is 1.83 bits per heavy atom. The van der Waals surface area contributed by atoms with Gasteiger partial charge in [0.2, 0.25) is 0 Å². The van der Waals surface area contributed by atoms with Gasteiger partial charge in [-0.25, -0.2) is 9.59 Å². The van der Waals surface area contributed by atoms with Crippen LogP contribution in [-0.2, 0) is 9.47 Å². The number of hydrogen-bond acceptors (Lipinski definition) is 7. The van der Waals surface area contributed by atoms with E-state index < -0.39 is 11.9 Å². The molecule has 2 aromatic rings. The first kappa shape index (κ1) is 23.0. The van der Waals surface area contributed by atoms with Gasteiger partial charge in [0, 0.05) is 17.4 Å². The molecule has 2 aromatic carbocycles. The molecule has 0 fully saturated rings. The minimum atomic E-state index is -0.550. The highest BCUT2D eigenvalue weighted by Gasteiger charge is 2.15. The molecular formula is C21H24N2O6S. The predicted molar refractivity (Wildman–Crippen MR) is 118 cm³/mol. The third-order valence-electron chi connectivity index (χ3n) is 3.85. The fourth-order valence-corrected chi connectivity index (χ4v) is 2.81. The molecule has 0 aliphatic heterocycles. The SMILES string of the molecule is CCOC(=O)c1cc(NC(=S)Nc2ccc(OC)c(OC)c2)cc(C(=O)OCC)c1. The van der Waals surface area contributed by atoms with Gasteiger partial charge in [-0.2, -0.15) is 0 Å². The molecule has 0 saturated carbocycles. The topological polar surface area (TPSA) is 95.1 Å². The zero-order chi connectivity index (χ0) is 22.1. The van der Waals surface area contributed by atoms with Crippen LogP contribution in [0.5, 0.6) is 11.5 Å². The average molecular weight is 432 g/mol. The Kier molecular flexibility index (Phi) is 8.42. The lowest BCUT2D eigenvalue weighted by Gasteiger charge is -2.14. The zero-order valence-electron chi connectivity index (χ0n) is 17.2. The standard InChI is InChI=1S/C21H24N2O6S/c1-5-28-19(24)13-9-14(20(25)29-6-2)11-16(10-13)23-21(30)22-15-7-8-17(26-3)18(12-15)27-4/h7-12H,5-6H2,1-4H3,(H2,22,23,30). The first-order chi connectivity index (χ1) is 14.4. The molecule has 0 amide bonds. The van der Waals surface area contributed by atoms with Crippen molar-refractivity contribution < 1.29 is 28.5 Å². The molecule has 0 unspecified atom stereocenters. The molecule has 0 bridgehead atoms. The number of carbonyl (C=O) groups excluding carboxylic acids is 2. The van der Waals surface area contributed by atoms with Gasteiger partial charge in [-0.05, 0) is 56.4 Å². The summed E-state index contributed by atoms with van der Waals surface area (Å²) in [7, 11) is 3.09. The number of hydrogen-bond donors (Lipinski definition) is 2. The monoisotopic (exact) mass is 432 g/mol. The van der Waals surface area contributed by atoms with Gasteiger partial charge < -0.3 is 29.6 Å². The van der Waals surface area contributed by atoms with E-state index in [-0.39, 0.29) is 29.5 Å². The van der Waals surface area contributed by atoms with Crippen LogP contribution in [-0.4, -0.2) is 44.5 Å². The molecule has 0 radical (unpaired) electrons. The van der Waals surface area contributed by atoms with Crippen LogP contribution in [0.25, 0.3) is 0 Å². The summed E-state index contributed by atoms with van der Waals surface area (Å²) < 4.78 is 20.6. The van der Waals surface area contributed by atoms with E-state index in [9.17, 15) is 9.59 Å². The third kappa shape index (κ3) is 6.08. The van der Waals surface area contributed by atoms with Crippen LogP contribution >= 0.6 is 12.2 Å². The maximum absolute atomic E-state index is 12.2. The van der Waals surface area contributed by atoms with E-state index in [0.29, 0.717) is 22.9 Å². The second-order valence-electron chi connectivity index (χ2n) is 5.89. The number of nitrogens with one attached hydrogen (secondary N) is 2. The Morgan fingerprint density at radius 1 is 0.800 bits per heavy atom. The number of ether oxygens (including phenoxy) is 4. The lowest BCUT2D eigenvalue weighted by molar-refractivity contribution is 0.0525. The predicted octanol–water partition coefficient (Wildman–Crippen LogP) is 3.87. The minimum Gasteiger partial charge on any atom is -0.493 e. The van der Waals surface area contributed by atoms with E-state index in [1.54, 1.807) is 51.3 Å². The van der Waals surface area contributed by atoms with Crippen LogP contribution in [0.1, 0.15) is 34.6 Å². The van der Waals surface area contributed by atoms with Crippen molar-refractivity contribution in [3.63, 3.8) is 0 Å². The summed E-state index contributed by atoms with van der Waals surface area (Å²) in [4.78, 5) is 24.3. The van der Waals surface area contributed by atoms with Crippen LogP contribution in [0, 0.1) is 0 Å². The van der Waals surface area contributed by atoms with Crippen molar-refractivity contribution in [3.8, 4) is 11.5 Å². The molecular weight excluding hydrogens is 408 g/mol. The van der Waals surface area contributed by atoms with Crippen molar-refractivity contribution in [1.82, 2.24) is 0 Å². The minimum absolute atomic E-state index is 0.207. The van der Waals surface area contributed by atoms with E-state index in [1.807, 2.05) is 0 Å². The molecule has 30 heavy (non-hydrogen) atoms. The van der Waals surface area contributed by atoms with E-state index in [2.05, 4.69) is 10.6 Å². The number of methoxy groups -OCH3 is 2. The molecule has 2 rings (SSSR count). The Labute approximate surface area is 180 Å². The number of rotatable bonds is 8. The van der Waals surface area contributed by atoms with Crippen LogP contribution in [0.15, 0.2) is 36.4 Å². The summed E-state index contributed by atoms with van der Waals surface area (Å²) in [5.41, 5.74) is 1.51. The lowest BCUT2D eigenvalue weighted by atomic mass is 10.1. The highest BCUT2D eigenvalue weighted by molar-refractivity contribution is 7.80. The maximum atomic E-state index is 12.2. The summed E-state index contributed by atoms with van der Waals surface area (Å²) in [5, 5.41) is 6.23. The summed E-state index contributed by atoms with van der Waals surface area (Å²) in [6.07, 6.45) is 0. The smallest absolute Gasteiger partial charge is 0.338 e. The first-order valence-corrected chi connectivity index (χ1v) is 9.62. The van der Waals surface area contributed by atoms with E-state index in [0.717, 1.165) is 0 Å². The van der Waals surface area contributed by atoms with Gasteiger partial charge in [-0.15, -0.1) is 0 Å². The molecule has 0 heterocycles. The molecule has 0 aromatic heterocycles. The van der Waals surface area contributed by atoms with Crippen molar-refractivity contribution in [1.29, 1.82) is 0 Å². The Hall–Kier alpha value is -3.33. The maximum Gasteiger partial charge on any atom is 0.338 e. The zero-order valence-corrected chi connectivity index (χ0v) is 18.1. The van der Waals surface area contributed by atoms with Crippen molar-refractivity contribution >= 4 is 40.6 Å². The van der Waals surface area contributed by atoms with Gasteiger partial charge in [0.25, 0.3) is 0 Å². The average Bonchev–Trinajstić information content (AvgIpc) is 2.73. The lowest BCUT2D eigenvalue weighted by Crippen LogP contribution is -2.20. The molecule has 8 nitrogen and oxygen atoms in total. The van der Waals surface area contributed by atoms with Gasteiger partial charge in [-0.1, -0.05) is 0 Å². The van der Waals surface area contributed by atoms with Crippen LogP contribution in [0.4, 0.5) is 11.4 Å². The molecule has 0 saturated heterocycles. The fourth-order valence-electron chi connectivity index (χ4n) is 2.57. The molecule has 160 valence electrons. The second kappa shape index (κ2) is 11.0. The fraction of sp³-hybridized carbons (Fsp3) is 0.286. The number of thiocarbonyl (C=S) groups is 1. The van der Waals surface area contributed by atoms with Gasteiger partial charge in [0.05, 0.1) is 38.6 Å². The van der Waals surface area contributed by atoms with E-state index in [4.69, 9.17) is 31.2 Å². The highest BCUT2D eigenvalue weighted by atomic mass is 32.1.